The Labute approximate surface area is 211 Å². The number of rotatable bonds is 7. The molecule has 0 N–H and O–H groups in total. The Kier molecular flexibility index (Phi) is 6.75. The normalized spacial score (nSPS) is 13.6. The highest BCUT2D eigenvalue weighted by atomic mass is 31.1. The van der Waals surface area contributed by atoms with Crippen molar-refractivity contribution in [3.8, 4) is 5.75 Å². The predicted molar refractivity (Wildman–Crippen MR) is 141 cm³/mol. The predicted octanol–water partition coefficient (Wildman–Crippen LogP) is 5.08. The Morgan fingerprint density at radius 2 is 1.19 bits per heavy atom. The van der Waals surface area contributed by atoms with E-state index >= 15 is 0 Å². The number of carbonyl (C=O) groups is 3. The van der Waals surface area contributed by atoms with Gasteiger partial charge in [0, 0.05) is 12.1 Å². The van der Waals surface area contributed by atoms with E-state index in [2.05, 4.69) is 24.3 Å². The van der Waals surface area contributed by atoms with E-state index in [4.69, 9.17) is 4.74 Å². The molecule has 0 aliphatic carbocycles. The fourth-order valence-electron chi connectivity index (χ4n) is 4.54. The van der Waals surface area contributed by atoms with Crippen LogP contribution in [0.1, 0.15) is 38.4 Å². The Bertz CT molecular complexity index is 1330. The van der Waals surface area contributed by atoms with Crippen LogP contribution in [0.3, 0.4) is 0 Å². The standard InChI is InChI=1S/C30H24NO4P/c1-35-22-18-16-21(17-19-22)27(36(23-10-4-2-5-11-23)24-12-6-3-7-13-24)20-28(32)31-29(33)25-14-8-9-15-26(25)30(31)34/h2-19,27H,20H2,1H3/t27-/m0/s1. The number of methoxy groups -OCH3 is 1. The van der Waals surface area contributed by atoms with E-state index in [1.54, 1.807) is 31.4 Å². The van der Waals surface area contributed by atoms with Crippen molar-refractivity contribution in [1.29, 1.82) is 0 Å². The number of carbonyl (C=O) groups excluding carboxylic acids is 3. The molecular formula is C30H24NO4P. The largest absolute Gasteiger partial charge is 0.497 e. The monoisotopic (exact) mass is 493 g/mol. The number of imide groups is 3. The van der Waals surface area contributed by atoms with Crippen LogP contribution in [0.4, 0.5) is 0 Å². The summed E-state index contributed by atoms with van der Waals surface area (Å²) in [7, 11) is 0.561. The van der Waals surface area contributed by atoms with E-state index in [1.165, 1.54) is 0 Å². The van der Waals surface area contributed by atoms with Crippen molar-refractivity contribution in [3.63, 3.8) is 0 Å². The first-order chi connectivity index (χ1) is 17.6. The van der Waals surface area contributed by atoms with Crippen LogP contribution in [0.2, 0.25) is 0 Å². The number of hydrogen-bond donors (Lipinski definition) is 0. The fraction of sp³-hybridized carbons (Fsp3) is 0.100. The molecule has 0 unspecified atom stereocenters. The molecule has 4 aromatic carbocycles. The van der Waals surface area contributed by atoms with Crippen molar-refractivity contribution >= 4 is 36.3 Å². The van der Waals surface area contributed by atoms with Crippen molar-refractivity contribution in [2.45, 2.75) is 12.1 Å². The molecule has 4 aromatic rings. The minimum absolute atomic E-state index is 0.00723. The van der Waals surface area contributed by atoms with Gasteiger partial charge in [0.1, 0.15) is 5.75 Å². The molecule has 0 bridgehead atoms. The van der Waals surface area contributed by atoms with Crippen LogP contribution in [-0.4, -0.2) is 29.7 Å². The molecule has 0 saturated carbocycles. The van der Waals surface area contributed by atoms with Gasteiger partial charge in [0.05, 0.1) is 18.2 Å². The van der Waals surface area contributed by atoms with Crippen LogP contribution in [0, 0.1) is 0 Å². The van der Waals surface area contributed by atoms with Gasteiger partial charge in [-0.3, -0.25) is 14.4 Å². The molecule has 5 rings (SSSR count). The van der Waals surface area contributed by atoms with E-state index in [0.717, 1.165) is 21.1 Å². The third-order valence-electron chi connectivity index (χ3n) is 6.29. The molecule has 1 heterocycles. The average molecular weight is 493 g/mol. The molecule has 1 atom stereocenters. The first-order valence-electron chi connectivity index (χ1n) is 11.6. The first kappa shape index (κ1) is 23.7. The van der Waals surface area contributed by atoms with Crippen molar-refractivity contribution in [2.24, 2.45) is 0 Å². The van der Waals surface area contributed by atoms with E-state index in [-0.39, 0.29) is 23.2 Å². The molecule has 0 spiro atoms. The summed E-state index contributed by atoms with van der Waals surface area (Å²) < 4.78 is 5.35. The number of benzene rings is 4. The van der Waals surface area contributed by atoms with Crippen molar-refractivity contribution in [1.82, 2.24) is 4.90 Å². The Hall–Kier alpha value is -4.08. The van der Waals surface area contributed by atoms with Crippen LogP contribution in [0.5, 0.6) is 5.75 Å². The van der Waals surface area contributed by atoms with Gasteiger partial charge < -0.3 is 4.74 Å². The highest BCUT2D eigenvalue weighted by Crippen LogP contribution is 2.52. The lowest BCUT2D eigenvalue weighted by Crippen LogP contribution is -2.37. The molecule has 6 heteroatoms. The van der Waals surface area contributed by atoms with Gasteiger partial charge >= 0.3 is 0 Å². The molecule has 0 aromatic heterocycles. The van der Waals surface area contributed by atoms with Gasteiger partial charge in [0.2, 0.25) is 5.91 Å². The van der Waals surface area contributed by atoms with E-state index in [9.17, 15) is 14.4 Å². The quantitative estimate of drug-likeness (QED) is 0.266. The van der Waals surface area contributed by atoms with Gasteiger partial charge in [-0.15, -0.1) is 0 Å². The highest BCUT2D eigenvalue weighted by molar-refractivity contribution is 7.73. The van der Waals surface area contributed by atoms with Gasteiger partial charge in [0.25, 0.3) is 11.8 Å². The first-order valence-corrected chi connectivity index (χ1v) is 13.0. The molecule has 3 amide bonds. The maximum atomic E-state index is 13.7. The van der Waals surface area contributed by atoms with Gasteiger partial charge in [-0.1, -0.05) is 84.9 Å². The summed E-state index contributed by atoms with van der Waals surface area (Å²) >= 11 is 0. The third-order valence-corrected chi connectivity index (χ3v) is 9.11. The zero-order chi connectivity index (χ0) is 25.1. The molecule has 1 aliphatic rings. The Morgan fingerprint density at radius 1 is 0.722 bits per heavy atom. The zero-order valence-corrected chi connectivity index (χ0v) is 20.6. The topological polar surface area (TPSA) is 63.7 Å². The summed E-state index contributed by atoms with van der Waals surface area (Å²) in [6.07, 6.45) is 0.00723. The fourth-order valence-corrected chi connectivity index (χ4v) is 7.36. The smallest absolute Gasteiger partial charge is 0.268 e. The van der Waals surface area contributed by atoms with Gasteiger partial charge in [-0.2, -0.15) is 0 Å². The molecule has 0 fully saturated rings. The second kappa shape index (κ2) is 10.3. The molecule has 1 aliphatic heterocycles. The molecular weight excluding hydrogens is 469 g/mol. The number of fused-ring (bicyclic) bond motifs is 1. The summed E-state index contributed by atoms with van der Waals surface area (Å²) in [6.45, 7) is 0. The van der Waals surface area contributed by atoms with Crippen LogP contribution >= 0.6 is 7.92 Å². The minimum atomic E-state index is -1.05. The van der Waals surface area contributed by atoms with Gasteiger partial charge in [0.15, 0.2) is 0 Å². The zero-order valence-electron chi connectivity index (χ0n) is 19.7. The second-order valence-corrected chi connectivity index (χ2v) is 10.8. The molecule has 178 valence electrons. The number of ether oxygens (including phenoxy) is 1. The summed E-state index contributed by atoms with van der Waals surface area (Å²) in [5, 5.41) is 2.21. The van der Waals surface area contributed by atoms with E-state index in [0.29, 0.717) is 5.75 Å². The number of hydrogen-bond acceptors (Lipinski definition) is 4. The SMILES string of the molecule is COc1ccc([C@H](CC(=O)N2C(=O)c3ccccc3C2=O)P(c2ccccc2)c2ccccc2)cc1. The Morgan fingerprint density at radius 3 is 1.67 bits per heavy atom. The third kappa shape index (κ3) is 4.46. The molecule has 5 nitrogen and oxygen atoms in total. The highest BCUT2D eigenvalue weighted by Gasteiger charge is 2.41. The Balaban J connectivity index is 1.57. The van der Waals surface area contributed by atoms with E-state index < -0.39 is 25.6 Å². The van der Waals surface area contributed by atoms with Gasteiger partial charge in [-0.05, 0) is 48.4 Å². The second-order valence-electron chi connectivity index (χ2n) is 8.42. The maximum Gasteiger partial charge on any atom is 0.268 e. The lowest BCUT2D eigenvalue weighted by atomic mass is 10.1. The molecule has 0 saturated heterocycles. The van der Waals surface area contributed by atoms with Crippen LogP contribution in [0.25, 0.3) is 0 Å². The van der Waals surface area contributed by atoms with Gasteiger partial charge in [-0.25, -0.2) is 4.90 Å². The lowest BCUT2D eigenvalue weighted by Gasteiger charge is -2.30. The number of amides is 3. The average Bonchev–Trinajstić information content (AvgIpc) is 3.19. The van der Waals surface area contributed by atoms with Crippen molar-refractivity contribution < 1.29 is 19.1 Å². The van der Waals surface area contributed by atoms with Crippen molar-refractivity contribution in [2.75, 3.05) is 7.11 Å². The minimum Gasteiger partial charge on any atom is -0.497 e. The van der Waals surface area contributed by atoms with Crippen LogP contribution in [-0.2, 0) is 4.79 Å². The number of nitrogens with zero attached hydrogens (tertiary/aromatic N) is 1. The van der Waals surface area contributed by atoms with Crippen molar-refractivity contribution in [3.05, 3.63) is 126 Å². The molecule has 36 heavy (non-hydrogen) atoms. The van der Waals surface area contributed by atoms with Crippen LogP contribution in [0.15, 0.2) is 109 Å². The maximum absolute atomic E-state index is 13.7. The summed E-state index contributed by atoms with van der Waals surface area (Å²) in [4.78, 5) is 40.6. The van der Waals surface area contributed by atoms with E-state index in [1.807, 2.05) is 60.7 Å². The van der Waals surface area contributed by atoms with Crippen LogP contribution < -0.4 is 15.3 Å². The summed E-state index contributed by atoms with van der Waals surface area (Å²) in [5.41, 5.74) is 1.21. The summed E-state index contributed by atoms with van der Waals surface area (Å²) in [6, 6.07) is 34.4. The molecule has 0 radical (unpaired) electrons. The summed E-state index contributed by atoms with van der Waals surface area (Å²) in [5.74, 6) is -0.898. The lowest BCUT2D eigenvalue weighted by molar-refractivity contribution is -0.126.